The molecule has 3 rings (SSSR count). The van der Waals surface area contributed by atoms with Gasteiger partial charge < -0.3 is 8.98 Å². The molecule has 0 aliphatic carbocycles. The molecular weight excluding hydrogens is 238 g/mol. The van der Waals surface area contributed by atoms with E-state index in [-0.39, 0.29) is 0 Å². The Balaban J connectivity index is 2.00. The zero-order valence-electron chi connectivity index (χ0n) is 10.8. The van der Waals surface area contributed by atoms with E-state index in [1.165, 1.54) is 0 Å². The number of aromatic nitrogens is 2. The van der Waals surface area contributed by atoms with Crippen LogP contribution >= 0.6 is 0 Å². The van der Waals surface area contributed by atoms with Crippen molar-refractivity contribution in [1.82, 2.24) is 9.55 Å². The summed E-state index contributed by atoms with van der Waals surface area (Å²) in [6.45, 7) is 4.46. The standard InChI is InChI=1S/C15H13N3O/c1-10-11(2)19-15(17-10)9-18-6-5-13-7-12(8-16)3-4-14(13)18/h3-7H,9H2,1-2H3. The maximum atomic E-state index is 8.89. The molecule has 0 N–H and O–H groups in total. The van der Waals surface area contributed by atoms with Crippen molar-refractivity contribution in [3.63, 3.8) is 0 Å². The van der Waals surface area contributed by atoms with Crippen molar-refractivity contribution in [2.75, 3.05) is 0 Å². The fourth-order valence-corrected chi connectivity index (χ4v) is 2.16. The van der Waals surface area contributed by atoms with Crippen LogP contribution in [0, 0.1) is 25.2 Å². The molecule has 0 spiro atoms. The molecule has 0 bridgehead atoms. The van der Waals surface area contributed by atoms with Crippen LogP contribution in [0.4, 0.5) is 0 Å². The molecule has 0 fully saturated rings. The molecule has 94 valence electrons. The number of aryl methyl sites for hydroxylation is 2. The van der Waals surface area contributed by atoms with Crippen LogP contribution in [0.25, 0.3) is 10.9 Å². The number of nitrogens with zero attached hydrogens (tertiary/aromatic N) is 3. The minimum Gasteiger partial charge on any atom is -0.444 e. The van der Waals surface area contributed by atoms with E-state index in [0.29, 0.717) is 18.0 Å². The van der Waals surface area contributed by atoms with Crippen molar-refractivity contribution in [2.45, 2.75) is 20.4 Å². The van der Waals surface area contributed by atoms with Crippen LogP contribution in [0.3, 0.4) is 0 Å². The molecule has 3 aromatic rings. The summed E-state index contributed by atoms with van der Waals surface area (Å²) >= 11 is 0. The third kappa shape index (κ3) is 2.00. The third-order valence-electron chi connectivity index (χ3n) is 3.28. The largest absolute Gasteiger partial charge is 0.444 e. The number of oxazole rings is 1. The molecule has 0 aliphatic rings. The zero-order chi connectivity index (χ0) is 13.4. The molecule has 0 atom stereocenters. The predicted octanol–water partition coefficient (Wildman–Crippen LogP) is 3.17. The van der Waals surface area contributed by atoms with Crippen molar-refractivity contribution >= 4 is 10.9 Å². The summed E-state index contributed by atoms with van der Waals surface area (Å²) in [5.74, 6) is 1.56. The van der Waals surface area contributed by atoms with Crippen molar-refractivity contribution in [1.29, 1.82) is 5.26 Å². The van der Waals surface area contributed by atoms with Gasteiger partial charge in [0.05, 0.1) is 23.9 Å². The fourth-order valence-electron chi connectivity index (χ4n) is 2.16. The maximum absolute atomic E-state index is 8.89. The molecule has 4 nitrogen and oxygen atoms in total. The lowest BCUT2D eigenvalue weighted by Crippen LogP contribution is -1.98. The first-order valence-corrected chi connectivity index (χ1v) is 6.09. The van der Waals surface area contributed by atoms with Crippen LogP contribution in [0.15, 0.2) is 34.9 Å². The van der Waals surface area contributed by atoms with Crippen molar-refractivity contribution < 1.29 is 4.42 Å². The number of nitriles is 1. The average molecular weight is 251 g/mol. The topological polar surface area (TPSA) is 54.8 Å². The normalized spacial score (nSPS) is 10.8. The van der Waals surface area contributed by atoms with Gasteiger partial charge in [-0.2, -0.15) is 5.26 Å². The van der Waals surface area contributed by atoms with Crippen LogP contribution in [0.5, 0.6) is 0 Å². The highest BCUT2D eigenvalue weighted by atomic mass is 16.4. The van der Waals surface area contributed by atoms with E-state index in [2.05, 4.69) is 15.6 Å². The number of hydrogen-bond acceptors (Lipinski definition) is 3. The van der Waals surface area contributed by atoms with Crippen molar-refractivity contribution in [3.05, 3.63) is 53.4 Å². The Kier molecular flexibility index (Phi) is 2.60. The first-order valence-electron chi connectivity index (χ1n) is 6.09. The average Bonchev–Trinajstić information content (AvgIpc) is 2.94. The number of rotatable bonds is 2. The van der Waals surface area contributed by atoms with Crippen LogP contribution in [0.1, 0.15) is 22.9 Å². The Morgan fingerprint density at radius 3 is 2.84 bits per heavy atom. The molecule has 1 aromatic carbocycles. The highest BCUT2D eigenvalue weighted by Crippen LogP contribution is 2.19. The van der Waals surface area contributed by atoms with E-state index in [1.54, 1.807) is 0 Å². The molecule has 0 aliphatic heterocycles. The second-order valence-corrected chi connectivity index (χ2v) is 4.58. The lowest BCUT2D eigenvalue weighted by molar-refractivity contribution is 0.459. The van der Waals surface area contributed by atoms with Gasteiger partial charge in [-0.25, -0.2) is 4.98 Å². The zero-order valence-corrected chi connectivity index (χ0v) is 10.8. The smallest absolute Gasteiger partial charge is 0.214 e. The van der Waals surface area contributed by atoms with E-state index in [4.69, 9.17) is 9.68 Å². The van der Waals surface area contributed by atoms with Gasteiger partial charge in [0, 0.05) is 17.1 Å². The Hall–Kier alpha value is -2.54. The van der Waals surface area contributed by atoms with Gasteiger partial charge in [0.2, 0.25) is 5.89 Å². The fraction of sp³-hybridized carbons (Fsp3) is 0.200. The van der Waals surface area contributed by atoms with Gasteiger partial charge in [0.25, 0.3) is 0 Å². The van der Waals surface area contributed by atoms with E-state index < -0.39 is 0 Å². The first kappa shape index (κ1) is 11.5. The lowest BCUT2D eigenvalue weighted by atomic mass is 10.2. The Morgan fingerprint density at radius 2 is 2.16 bits per heavy atom. The summed E-state index contributed by atoms with van der Waals surface area (Å²) in [5, 5.41) is 9.95. The minimum absolute atomic E-state index is 0.601. The molecule has 0 amide bonds. The molecule has 4 heteroatoms. The summed E-state index contributed by atoms with van der Waals surface area (Å²) < 4.78 is 7.67. The molecule has 19 heavy (non-hydrogen) atoms. The van der Waals surface area contributed by atoms with E-state index >= 15 is 0 Å². The number of fused-ring (bicyclic) bond motifs is 1. The first-order chi connectivity index (χ1) is 9.17. The molecule has 0 unspecified atom stereocenters. The van der Waals surface area contributed by atoms with E-state index in [1.807, 2.05) is 44.3 Å². The Labute approximate surface area is 110 Å². The van der Waals surface area contributed by atoms with Gasteiger partial charge in [0.15, 0.2) is 0 Å². The van der Waals surface area contributed by atoms with Gasteiger partial charge in [-0.3, -0.25) is 0 Å². The molecule has 2 heterocycles. The summed E-state index contributed by atoms with van der Waals surface area (Å²) in [5.41, 5.74) is 2.68. The highest BCUT2D eigenvalue weighted by molar-refractivity contribution is 5.81. The molecule has 0 radical (unpaired) electrons. The third-order valence-corrected chi connectivity index (χ3v) is 3.28. The molecule has 2 aromatic heterocycles. The van der Waals surface area contributed by atoms with Gasteiger partial charge >= 0.3 is 0 Å². The van der Waals surface area contributed by atoms with E-state index in [9.17, 15) is 0 Å². The molecule has 0 saturated carbocycles. The maximum Gasteiger partial charge on any atom is 0.214 e. The molecular formula is C15H13N3O. The second kappa shape index (κ2) is 4.29. The summed E-state index contributed by atoms with van der Waals surface area (Å²) in [4.78, 5) is 4.39. The van der Waals surface area contributed by atoms with Gasteiger partial charge in [-0.05, 0) is 38.1 Å². The molecule has 0 saturated heterocycles. The van der Waals surface area contributed by atoms with Crippen LogP contribution in [-0.2, 0) is 6.54 Å². The predicted molar refractivity (Wildman–Crippen MR) is 71.7 cm³/mol. The summed E-state index contributed by atoms with van der Waals surface area (Å²) in [6, 6.07) is 9.81. The van der Waals surface area contributed by atoms with Gasteiger partial charge in [-0.1, -0.05) is 0 Å². The van der Waals surface area contributed by atoms with Gasteiger partial charge in [0.1, 0.15) is 5.76 Å². The SMILES string of the molecule is Cc1nc(Cn2ccc3cc(C#N)ccc32)oc1C. The Bertz CT molecular complexity index is 770. The van der Waals surface area contributed by atoms with Crippen LogP contribution in [-0.4, -0.2) is 9.55 Å². The van der Waals surface area contributed by atoms with Crippen molar-refractivity contribution in [3.8, 4) is 6.07 Å². The quantitative estimate of drug-likeness (QED) is 0.703. The minimum atomic E-state index is 0.601. The van der Waals surface area contributed by atoms with Crippen LogP contribution in [0.2, 0.25) is 0 Å². The van der Waals surface area contributed by atoms with Crippen LogP contribution < -0.4 is 0 Å². The number of hydrogen-bond donors (Lipinski definition) is 0. The lowest BCUT2D eigenvalue weighted by Gasteiger charge is -2.02. The van der Waals surface area contributed by atoms with Crippen molar-refractivity contribution in [2.24, 2.45) is 0 Å². The number of benzene rings is 1. The van der Waals surface area contributed by atoms with Gasteiger partial charge in [-0.15, -0.1) is 0 Å². The monoisotopic (exact) mass is 251 g/mol. The highest BCUT2D eigenvalue weighted by Gasteiger charge is 2.08. The summed E-state index contributed by atoms with van der Waals surface area (Å²) in [6.07, 6.45) is 1.99. The Morgan fingerprint density at radius 1 is 1.32 bits per heavy atom. The van der Waals surface area contributed by atoms with E-state index in [0.717, 1.165) is 22.4 Å². The summed E-state index contributed by atoms with van der Waals surface area (Å²) in [7, 11) is 0. The second-order valence-electron chi connectivity index (χ2n) is 4.58.